The Morgan fingerprint density at radius 3 is 2.84 bits per heavy atom. The molecule has 1 saturated heterocycles. The first-order valence-corrected chi connectivity index (χ1v) is 11.8. The van der Waals surface area contributed by atoms with Crippen LogP contribution in [0.3, 0.4) is 0 Å². The quantitative estimate of drug-likeness (QED) is 0.333. The highest BCUT2D eigenvalue weighted by molar-refractivity contribution is 5.80. The first kappa shape index (κ1) is 22.7. The summed E-state index contributed by atoms with van der Waals surface area (Å²) in [6.07, 6.45) is 6.55. The second-order valence-corrected chi connectivity index (χ2v) is 8.34. The van der Waals surface area contributed by atoms with Crippen molar-refractivity contribution >= 4 is 5.96 Å². The fourth-order valence-electron chi connectivity index (χ4n) is 4.09. The van der Waals surface area contributed by atoms with Crippen LogP contribution in [0.15, 0.2) is 52.1 Å². The molecule has 2 aliphatic heterocycles. The highest BCUT2D eigenvalue weighted by Crippen LogP contribution is 2.31. The van der Waals surface area contributed by atoms with E-state index in [2.05, 4.69) is 22.8 Å². The van der Waals surface area contributed by atoms with Crippen LogP contribution in [0.4, 0.5) is 0 Å². The lowest BCUT2D eigenvalue weighted by Crippen LogP contribution is -2.42. The van der Waals surface area contributed by atoms with Crippen LogP contribution in [0, 0.1) is 5.92 Å². The number of ether oxygens (including phenoxy) is 3. The summed E-state index contributed by atoms with van der Waals surface area (Å²) >= 11 is 0. The molecule has 0 bridgehead atoms. The molecule has 1 unspecified atom stereocenters. The van der Waals surface area contributed by atoms with Gasteiger partial charge >= 0.3 is 0 Å². The van der Waals surface area contributed by atoms with E-state index >= 15 is 0 Å². The Morgan fingerprint density at radius 1 is 1.06 bits per heavy atom. The third kappa shape index (κ3) is 7.00. The molecule has 1 atom stereocenters. The minimum absolute atomic E-state index is 0.180. The SMILES string of the molecule is c1coc(CCNC(=NCCCOCC2CCOCC2)NC2CCOc3ccccc32)c1. The molecule has 2 aliphatic rings. The number of fused-ring (bicyclic) bond motifs is 1. The van der Waals surface area contributed by atoms with Crippen molar-refractivity contribution in [3.8, 4) is 5.75 Å². The van der Waals surface area contributed by atoms with E-state index in [0.29, 0.717) is 19.1 Å². The van der Waals surface area contributed by atoms with Crippen LogP contribution in [0.2, 0.25) is 0 Å². The zero-order valence-corrected chi connectivity index (χ0v) is 18.8. The molecule has 1 aromatic carbocycles. The summed E-state index contributed by atoms with van der Waals surface area (Å²) in [5.41, 5.74) is 1.18. The van der Waals surface area contributed by atoms with Crippen molar-refractivity contribution in [2.24, 2.45) is 10.9 Å². The van der Waals surface area contributed by atoms with Crippen LogP contribution in [0.25, 0.3) is 0 Å². The molecule has 2 N–H and O–H groups in total. The van der Waals surface area contributed by atoms with Crippen LogP contribution in [0.5, 0.6) is 5.75 Å². The van der Waals surface area contributed by atoms with E-state index in [-0.39, 0.29) is 6.04 Å². The maximum atomic E-state index is 5.89. The van der Waals surface area contributed by atoms with Crippen molar-refractivity contribution in [1.82, 2.24) is 10.6 Å². The lowest BCUT2D eigenvalue weighted by Gasteiger charge is -2.28. The number of hydrogen-bond acceptors (Lipinski definition) is 5. The summed E-state index contributed by atoms with van der Waals surface area (Å²) in [5.74, 6) is 3.38. The Balaban J connectivity index is 1.27. The third-order valence-corrected chi connectivity index (χ3v) is 5.92. The van der Waals surface area contributed by atoms with Gasteiger partial charge in [0.2, 0.25) is 0 Å². The van der Waals surface area contributed by atoms with Gasteiger partial charge in [-0.2, -0.15) is 0 Å². The Morgan fingerprint density at radius 2 is 1.97 bits per heavy atom. The van der Waals surface area contributed by atoms with E-state index in [4.69, 9.17) is 23.6 Å². The van der Waals surface area contributed by atoms with Gasteiger partial charge in [0.1, 0.15) is 11.5 Å². The van der Waals surface area contributed by atoms with Crippen LogP contribution in [-0.4, -0.2) is 52.1 Å². The van der Waals surface area contributed by atoms with Crippen molar-refractivity contribution < 1.29 is 18.6 Å². The Labute approximate surface area is 190 Å². The number of furan rings is 1. The van der Waals surface area contributed by atoms with Gasteiger partial charge in [0.05, 0.1) is 18.9 Å². The van der Waals surface area contributed by atoms with Gasteiger partial charge < -0.3 is 29.3 Å². The molecule has 7 nitrogen and oxygen atoms in total. The lowest BCUT2D eigenvalue weighted by atomic mass is 10.0. The van der Waals surface area contributed by atoms with Crippen LogP contribution >= 0.6 is 0 Å². The van der Waals surface area contributed by atoms with Gasteiger partial charge in [0.15, 0.2) is 5.96 Å². The molecule has 174 valence electrons. The maximum Gasteiger partial charge on any atom is 0.191 e. The number of rotatable bonds is 10. The first-order chi connectivity index (χ1) is 15.9. The summed E-state index contributed by atoms with van der Waals surface area (Å²) in [7, 11) is 0. The molecular weight excluding hydrogens is 406 g/mol. The molecule has 3 heterocycles. The van der Waals surface area contributed by atoms with Crippen LogP contribution in [0.1, 0.15) is 43.0 Å². The molecule has 1 aromatic heterocycles. The molecule has 0 amide bonds. The summed E-state index contributed by atoms with van der Waals surface area (Å²) < 4.78 is 22.5. The predicted molar refractivity (Wildman–Crippen MR) is 124 cm³/mol. The normalized spacial score (nSPS) is 19.2. The Hall–Kier alpha value is -2.51. The van der Waals surface area contributed by atoms with E-state index in [9.17, 15) is 0 Å². The molecule has 0 saturated carbocycles. The van der Waals surface area contributed by atoms with Crippen molar-refractivity contribution in [1.29, 1.82) is 0 Å². The van der Waals surface area contributed by atoms with Gasteiger partial charge in [-0.3, -0.25) is 4.99 Å². The number of nitrogens with one attached hydrogen (secondary N) is 2. The Kier molecular flexibility index (Phi) is 8.86. The van der Waals surface area contributed by atoms with E-state index in [0.717, 1.165) is 82.5 Å². The number of aliphatic imine (C=N–C) groups is 1. The highest BCUT2D eigenvalue weighted by atomic mass is 16.5. The van der Waals surface area contributed by atoms with E-state index < -0.39 is 0 Å². The molecule has 7 heteroatoms. The molecular formula is C25H35N3O4. The smallest absolute Gasteiger partial charge is 0.191 e. The third-order valence-electron chi connectivity index (χ3n) is 5.92. The van der Waals surface area contributed by atoms with Crippen molar-refractivity contribution in [2.75, 3.05) is 46.1 Å². The zero-order valence-electron chi connectivity index (χ0n) is 18.8. The highest BCUT2D eigenvalue weighted by Gasteiger charge is 2.22. The van der Waals surface area contributed by atoms with E-state index in [1.54, 1.807) is 6.26 Å². The van der Waals surface area contributed by atoms with Crippen molar-refractivity contribution in [2.45, 2.75) is 38.1 Å². The standard InChI is InChI=1S/C25H35N3O4/c1-2-7-24-22(6-1)23(11-18-32-24)28-25(27-13-8-21-5-3-15-31-21)26-12-4-14-30-19-20-9-16-29-17-10-20/h1-3,5-7,15,20,23H,4,8-14,16-19H2,(H2,26,27,28). The number of para-hydroxylation sites is 1. The fraction of sp³-hybridized carbons (Fsp3) is 0.560. The minimum Gasteiger partial charge on any atom is -0.493 e. The molecule has 32 heavy (non-hydrogen) atoms. The second kappa shape index (κ2) is 12.5. The second-order valence-electron chi connectivity index (χ2n) is 8.34. The molecule has 1 fully saturated rings. The van der Waals surface area contributed by atoms with Gasteiger partial charge in [-0.05, 0) is 43.4 Å². The summed E-state index contributed by atoms with van der Waals surface area (Å²) in [4.78, 5) is 4.82. The first-order valence-electron chi connectivity index (χ1n) is 11.8. The summed E-state index contributed by atoms with van der Waals surface area (Å²) in [5, 5.41) is 7.07. The molecule has 4 rings (SSSR count). The maximum absolute atomic E-state index is 5.89. The van der Waals surface area contributed by atoms with E-state index in [1.807, 2.05) is 24.3 Å². The fourth-order valence-corrected chi connectivity index (χ4v) is 4.09. The predicted octanol–water partition coefficient (Wildman–Crippen LogP) is 3.71. The number of guanidine groups is 1. The number of hydrogen-bond donors (Lipinski definition) is 2. The molecule has 0 spiro atoms. The van der Waals surface area contributed by atoms with Crippen molar-refractivity contribution in [3.05, 3.63) is 54.0 Å². The van der Waals surface area contributed by atoms with Gasteiger partial charge in [-0.15, -0.1) is 0 Å². The number of nitrogens with zero attached hydrogens (tertiary/aromatic N) is 1. The van der Waals surface area contributed by atoms with E-state index in [1.165, 1.54) is 5.56 Å². The van der Waals surface area contributed by atoms with Crippen molar-refractivity contribution in [3.63, 3.8) is 0 Å². The van der Waals surface area contributed by atoms with Gasteiger partial charge in [-0.25, -0.2) is 0 Å². The number of benzene rings is 1. The van der Waals surface area contributed by atoms with Gasteiger partial charge in [-0.1, -0.05) is 18.2 Å². The largest absolute Gasteiger partial charge is 0.493 e. The molecule has 0 aliphatic carbocycles. The summed E-state index contributed by atoms with van der Waals surface area (Å²) in [6, 6.07) is 12.3. The average Bonchev–Trinajstić information content (AvgIpc) is 3.35. The summed E-state index contributed by atoms with van der Waals surface area (Å²) in [6.45, 7) is 5.48. The lowest BCUT2D eigenvalue weighted by molar-refractivity contribution is 0.0205. The monoisotopic (exact) mass is 441 g/mol. The topological polar surface area (TPSA) is 77.3 Å². The zero-order chi connectivity index (χ0) is 21.8. The molecule has 2 aromatic rings. The van der Waals surface area contributed by atoms with Crippen LogP contribution < -0.4 is 15.4 Å². The van der Waals surface area contributed by atoms with Crippen LogP contribution in [-0.2, 0) is 15.9 Å². The van der Waals surface area contributed by atoms with Gasteiger partial charge in [0.25, 0.3) is 0 Å². The average molecular weight is 442 g/mol. The minimum atomic E-state index is 0.180. The molecule has 0 radical (unpaired) electrons. The van der Waals surface area contributed by atoms with Gasteiger partial charge in [0, 0.05) is 57.9 Å². The Bertz CT molecular complexity index is 818.